The second-order valence-corrected chi connectivity index (χ2v) is 9.10. The maximum atomic E-state index is 2.40. The van der Waals surface area contributed by atoms with Crippen LogP contribution in [0.3, 0.4) is 0 Å². The topological polar surface area (TPSA) is 0 Å². The first-order valence-corrected chi connectivity index (χ1v) is 10.0. The summed E-state index contributed by atoms with van der Waals surface area (Å²) in [5.41, 5.74) is 5.80. The van der Waals surface area contributed by atoms with Crippen LogP contribution in [0.2, 0.25) is 0 Å². The minimum Gasteiger partial charge on any atom is -0.0587 e. The Morgan fingerprint density at radius 1 is 0.682 bits per heavy atom. The molecule has 118 valence electrons. The van der Waals surface area contributed by atoms with Crippen LogP contribution in [-0.2, 0) is 0 Å². The van der Waals surface area contributed by atoms with Gasteiger partial charge < -0.3 is 0 Å². The van der Waals surface area contributed by atoms with Crippen molar-refractivity contribution in [2.24, 2.45) is 0 Å². The third kappa shape index (κ3) is 3.61. The van der Waals surface area contributed by atoms with Crippen LogP contribution in [0.5, 0.6) is 0 Å². The van der Waals surface area contributed by atoms with Gasteiger partial charge in [-0.2, -0.15) is 0 Å². The van der Waals surface area contributed by atoms with Crippen molar-refractivity contribution in [3.63, 3.8) is 0 Å². The fraction of sp³-hybridized carbons (Fsp3) is 0.429. The van der Waals surface area contributed by atoms with Gasteiger partial charge in [-0.3, -0.25) is 0 Å². The van der Waals surface area contributed by atoms with Crippen LogP contribution in [-0.4, -0.2) is 6.66 Å². The van der Waals surface area contributed by atoms with Crippen molar-refractivity contribution in [3.8, 4) is 0 Å². The van der Waals surface area contributed by atoms with Gasteiger partial charge in [-0.15, -0.1) is 0 Å². The summed E-state index contributed by atoms with van der Waals surface area (Å²) < 4.78 is 0. The number of aryl methyl sites for hydroxylation is 2. The number of benzene rings is 2. The summed E-state index contributed by atoms with van der Waals surface area (Å²) in [6.45, 7) is 15.9. The van der Waals surface area contributed by atoms with Gasteiger partial charge in [0.25, 0.3) is 0 Å². The molecule has 1 heteroatoms. The standard InChI is InChI=1S/C21H29P/c1-14(2)20-10-8-18(12-16(20)5)22(7)19-9-11-21(15(3)4)17(6)13-19/h8-15H,1-7H3. The third-order valence-electron chi connectivity index (χ3n) is 4.53. The van der Waals surface area contributed by atoms with Crippen LogP contribution in [0.25, 0.3) is 0 Å². The van der Waals surface area contributed by atoms with Gasteiger partial charge in [-0.05, 0) is 73.1 Å². The molecule has 0 aliphatic carbocycles. The molecule has 0 saturated heterocycles. The van der Waals surface area contributed by atoms with Crippen molar-refractivity contribution in [1.82, 2.24) is 0 Å². The molecule has 0 nitrogen and oxygen atoms in total. The second kappa shape index (κ2) is 6.97. The SMILES string of the molecule is Cc1cc(P(C)c2ccc(C(C)C)c(C)c2)ccc1C(C)C. The summed E-state index contributed by atoms with van der Waals surface area (Å²) in [5.74, 6) is 1.20. The normalized spacial score (nSPS) is 11.7. The van der Waals surface area contributed by atoms with Crippen molar-refractivity contribution in [3.05, 3.63) is 58.7 Å². The molecule has 22 heavy (non-hydrogen) atoms. The Morgan fingerprint density at radius 2 is 1.05 bits per heavy atom. The second-order valence-electron chi connectivity index (χ2n) is 6.95. The molecule has 0 atom stereocenters. The Balaban J connectivity index is 2.34. The highest BCUT2D eigenvalue weighted by molar-refractivity contribution is 7.72. The fourth-order valence-corrected chi connectivity index (χ4v) is 4.85. The average molecular weight is 312 g/mol. The monoisotopic (exact) mass is 312 g/mol. The van der Waals surface area contributed by atoms with Crippen molar-refractivity contribution < 1.29 is 0 Å². The lowest BCUT2D eigenvalue weighted by molar-refractivity contribution is 0.857. The third-order valence-corrected chi connectivity index (χ3v) is 6.63. The average Bonchev–Trinajstić information content (AvgIpc) is 2.45. The number of hydrogen-bond acceptors (Lipinski definition) is 0. The lowest BCUT2D eigenvalue weighted by atomic mass is 9.98. The molecule has 0 bridgehead atoms. The zero-order chi connectivity index (χ0) is 16.4. The molecule has 0 heterocycles. The van der Waals surface area contributed by atoms with E-state index in [0.717, 1.165) is 0 Å². The lowest BCUT2D eigenvalue weighted by Gasteiger charge is -2.19. The predicted octanol–water partition coefficient (Wildman–Crippen LogP) is 5.61. The molecular formula is C21H29P. The molecule has 0 aliphatic rings. The molecule has 0 aromatic heterocycles. The Kier molecular flexibility index (Phi) is 5.45. The largest absolute Gasteiger partial charge is 0.0587 e. The number of rotatable bonds is 4. The van der Waals surface area contributed by atoms with E-state index >= 15 is 0 Å². The van der Waals surface area contributed by atoms with E-state index in [1.807, 2.05) is 0 Å². The first kappa shape index (κ1) is 17.2. The molecule has 2 aromatic rings. The van der Waals surface area contributed by atoms with Crippen molar-refractivity contribution >= 4 is 18.5 Å². The van der Waals surface area contributed by atoms with E-state index in [1.54, 1.807) is 0 Å². The Labute approximate surface area is 137 Å². The summed E-state index contributed by atoms with van der Waals surface area (Å²) in [7, 11) is -0.267. The fourth-order valence-electron chi connectivity index (χ4n) is 3.18. The predicted molar refractivity (Wildman–Crippen MR) is 103 cm³/mol. The molecule has 0 amide bonds. The maximum absolute atomic E-state index is 2.40. The zero-order valence-electron chi connectivity index (χ0n) is 15.1. The molecule has 0 spiro atoms. The van der Waals surface area contributed by atoms with Crippen molar-refractivity contribution in [2.45, 2.75) is 53.4 Å². The molecule has 0 unspecified atom stereocenters. The Hall–Kier alpha value is -1.13. The van der Waals surface area contributed by atoms with Gasteiger partial charge in [0.05, 0.1) is 0 Å². The van der Waals surface area contributed by atoms with Crippen molar-refractivity contribution in [1.29, 1.82) is 0 Å². The van der Waals surface area contributed by atoms with Crippen LogP contribution in [0, 0.1) is 13.8 Å². The minimum atomic E-state index is -0.267. The van der Waals surface area contributed by atoms with Crippen LogP contribution in [0.4, 0.5) is 0 Å². The Morgan fingerprint density at radius 3 is 1.32 bits per heavy atom. The quantitative estimate of drug-likeness (QED) is 0.643. The van der Waals surface area contributed by atoms with Gasteiger partial charge in [0.1, 0.15) is 0 Å². The molecule has 2 rings (SSSR count). The van der Waals surface area contributed by atoms with Crippen molar-refractivity contribution in [2.75, 3.05) is 6.66 Å². The summed E-state index contributed by atoms with van der Waals surface area (Å²) in [4.78, 5) is 0. The van der Waals surface area contributed by atoms with E-state index in [1.165, 1.54) is 32.9 Å². The van der Waals surface area contributed by atoms with Gasteiger partial charge in [0, 0.05) is 0 Å². The Bertz CT molecular complexity index is 595. The first-order chi connectivity index (χ1) is 10.3. The highest BCUT2D eigenvalue weighted by atomic mass is 31.1. The van der Waals surface area contributed by atoms with Gasteiger partial charge in [-0.25, -0.2) is 0 Å². The molecular weight excluding hydrogens is 283 g/mol. The highest BCUT2D eigenvalue weighted by Gasteiger charge is 2.12. The van der Waals surface area contributed by atoms with Crippen LogP contribution in [0.1, 0.15) is 61.8 Å². The van der Waals surface area contributed by atoms with Crippen LogP contribution >= 0.6 is 7.92 Å². The molecule has 0 saturated carbocycles. The van der Waals surface area contributed by atoms with Gasteiger partial charge in [-0.1, -0.05) is 64.1 Å². The van der Waals surface area contributed by atoms with E-state index in [-0.39, 0.29) is 7.92 Å². The smallest absolute Gasteiger partial charge is 0.0195 e. The van der Waals surface area contributed by atoms with E-state index in [4.69, 9.17) is 0 Å². The summed E-state index contributed by atoms with van der Waals surface area (Å²) in [5, 5.41) is 2.96. The molecule has 0 N–H and O–H groups in total. The minimum absolute atomic E-state index is 0.267. The molecule has 0 radical (unpaired) electrons. The van der Waals surface area contributed by atoms with Crippen LogP contribution < -0.4 is 10.6 Å². The zero-order valence-corrected chi connectivity index (χ0v) is 16.0. The van der Waals surface area contributed by atoms with Crippen LogP contribution in [0.15, 0.2) is 36.4 Å². The molecule has 0 fully saturated rings. The van der Waals surface area contributed by atoms with E-state index in [0.29, 0.717) is 11.8 Å². The highest BCUT2D eigenvalue weighted by Crippen LogP contribution is 2.32. The molecule has 2 aromatic carbocycles. The maximum Gasteiger partial charge on any atom is -0.0195 e. The summed E-state index contributed by atoms with van der Waals surface area (Å²) >= 11 is 0. The first-order valence-electron chi connectivity index (χ1n) is 8.26. The lowest BCUT2D eigenvalue weighted by Crippen LogP contribution is -2.13. The van der Waals surface area contributed by atoms with E-state index in [9.17, 15) is 0 Å². The number of hydrogen-bond donors (Lipinski definition) is 0. The van der Waals surface area contributed by atoms with E-state index < -0.39 is 0 Å². The summed E-state index contributed by atoms with van der Waals surface area (Å²) in [6.07, 6.45) is 0. The van der Waals surface area contributed by atoms with Gasteiger partial charge in [0.2, 0.25) is 0 Å². The summed E-state index contributed by atoms with van der Waals surface area (Å²) in [6, 6.07) is 14.1. The van der Waals surface area contributed by atoms with E-state index in [2.05, 4.69) is 84.6 Å². The molecule has 0 aliphatic heterocycles. The van der Waals surface area contributed by atoms with Gasteiger partial charge >= 0.3 is 0 Å². The van der Waals surface area contributed by atoms with Gasteiger partial charge in [0.15, 0.2) is 0 Å².